The first kappa shape index (κ1) is 14.6. The van der Waals surface area contributed by atoms with Crippen LogP contribution in [0.4, 0.5) is 0 Å². The fourth-order valence-electron chi connectivity index (χ4n) is 3.00. The summed E-state index contributed by atoms with van der Waals surface area (Å²) in [5.74, 6) is 0.476. The van der Waals surface area contributed by atoms with Crippen LogP contribution in [-0.4, -0.2) is 28.9 Å². The summed E-state index contributed by atoms with van der Waals surface area (Å²) < 4.78 is 5.79. The molecule has 0 saturated carbocycles. The number of carbonyl (C=O) groups is 2. The van der Waals surface area contributed by atoms with Crippen molar-refractivity contribution >= 4 is 11.8 Å². The third-order valence-corrected chi connectivity index (χ3v) is 4.01. The lowest BCUT2D eigenvalue weighted by atomic mass is 10.0. The molecule has 1 aromatic rings. The smallest absolute Gasteiger partial charge is 0.255 e. The molecule has 2 heterocycles. The van der Waals surface area contributed by atoms with Crippen LogP contribution in [0.25, 0.3) is 0 Å². The fraction of sp³-hybridized carbons (Fsp3) is 0.412. The zero-order valence-electron chi connectivity index (χ0n) is 12.9. The number of ether oxygens (including phenoxy) is 1. The highest BCUT2D eigenvalue weighted by Gasteiger charge is 2.39. The van der Waals surface area contributed by atoms with Crippen LogP contribution in [0.5, 0.6) is 5.75 Å². The molecule has 2 amide bonds. The lowest BCUT2D eigenvalue weighted by Crippen LogP contribution is -2.49. The highest BCUT2D eigenvalue weighted by Crippen LogP contribution is 2.34. The molecule has 3 rings (SSSR count). The van der Waals surface area contributed by atoms with Crippen LogP contribution < -0.4 is 10.1 Å². The van der Waals surface area contributed by atoms with E-state index in [-0.39, 0.29) is 17.9 Å². The largest absolute Gasteiger partial charge is 0.491 e. The summed E-state index contributed by atoms with van der Waals surface area (Å²) in [6.07, 6.45) is 1.35. The predicted octanol–water partition coefficient (Wildman–Crippen LogP) is 2.22. The first-order valence-corrected chi connectivity index (χ1v) is 7.55. The van der Waals surface area contributed by atoms with E-state index in [0.29, 0.717) is 30.6 Å². The lowest BCUT2D eigenvalue weighted by Gasteiger charge is -2.31. The standard InChI is InChI=1S/C17H20N2O3/c1-10(2)22-15-6-4-5-12-13(15)9-19(17(12)21)14-8-7-11(3)18-16(14)20/h4-6,10,14H,3,7-9H2,1-2H3,(H,18,20)/t14-/m1/s1. The quantitative estimate of drug-likeness (QED) is 0.931. The predicted molar refractivity (Wildman–Crippen MR) is 82.4 cm³/mol. The molecule has 0 aliphatic carbocycles. The van der Waals surface area contributed by atoms with Gasteiger partial charge in [-0.05, 0) is 38.8 Å². The molecule has 5 nitrogen and oxygen atoms in total. The molecule has 0 aromatic heterocycles. The number of nitrogens with zero attached hydrogens (tertiary/aromatic N) is 1. The summed E-state index contributed by atoms with van der Waals surface area (Å²) in [5, 5.41) is 2.74. The number of hydrogen-bond donors (Lipinski definition) is 1. The van der Waals surface area contributed by atoms with E-state index in [1.165, 1.54) is 0 Å². The maximum atomic E-state index is 12.6. The highest BCUT2D eigenvalue weighted by molar-refractivity contribution is 6.02. The Hall–Kier alpha value is -2.30. The summed E-state index contributed by atoms with van der Waals surface area (Å²) >= 11 is 0. The first-order chi connectivity index (χ1) is 10.5. The third-order valence-electron chi connectivity index (χ3n) is 4.01. The van der Waals surface area contributed by atoms with Crippen LogP contribution in [0.3, 0.4) is 0 Å². The van der Waals surface area contributed by atoms with E-state index >= 15 is 0 Å². The lowest BCUT2D eigenvalue weighted by molar-refractivity contribution is -0.126. The van der Waals surface area contributed by atoms with E-state index < -0.39 is 6.04 Å². The average molecular weight is 300 g/mol. The van der Waals surface area contributed by atoms with E-state index in [1.54, 1.807) is 11.0 Å². The van der Waals surface area contributed by atoms with Gasteiger partial charge in [0.1, 0.15) is 11.8 Å². The molecular formula is C17H20N2O3. The second-order valence-electron chi connectivity index (χ2n) is 6.03. The van der Waals surface area contributed by atoms with Gasteiger partial charge in [-0.15, -0.1) is 0 Å². The van der Waals surface area contributed by atoms with E-state index in [0.717, 1.165) is 11.3 Å². The Morgan fingerprint density at radius 1 is 1.36 bits per heavy atom. The van der Waals surface area contributed by atoms with Gasteiger partial charge in [0.25, 0.3) is 5.91 Å². The zero-order chi connectivity index (χ0) is 15.9. The van der Waals surface area contributed by atoms with Crippen molar-refractivity contribution in [1.29, 1.82) is 0 Å². The number of fused-ring (bicyclic) bond motifs is 1. The Morgan fingerprint density at radius 3 is 2.82 bits per heavy atom. The number of benzene rings is 1. The van der Waals surface area contributed by atoms with Crippen molar-refractivity contribution in [3.05, 3.63) is 41.6 Å². The monoisotopic (exact) mass is 300 g/mol. The number of carbonyl (C=O) groups excluding carboxylic acids is 2. The number of allylic oxidation sites excluding steroid dienone is 1. The van der Waals surface area contributed by atoms with Gasteiger partial charge in [-0.25, -0.2) is 0 Å². The van der Waals surface area contributed by atoms with Gasteiger partial charge < -0.3 is 15.0 Å². The second kappa shape index (κ2) is 5.48. The molecule has 2 aliphatic rings. The summed E-state index contributed by atoms with van der Waals surface area (Å²) in [7, 11) is 0. The number of hydrogen-bond acceptors (Lipinski definition) is 3. The number of nitrogens with one attached hydrogen (secondary N) is 1. The average Bonchev–Trinajstić information content (AvgIpc) is 2.77. The van der Waals surface area contributed by atoms with Gasteiger partial charge in [0.2, 0.25) is 5.91 Å². The molecule has 1 aromatic carbocycles. The van der Waals surface area contributed by atoms with Crippen molar-refractivity contribution in [2.45, 2.75) is 45.4 Å². The van der Waals surface area contributed by atoms with E-state index in [2.05, 4.69) is 11.9 Å². The molecule has 116 valence electrons. The number of amides is 2. The van der Waals surface area contributed by atoms with Crippen LogP contribution in [0, 0.1) is 0 Å². The van der Waals surface area contributed by atoms with Crippen LogP contribution in [0.15, 0.2) is 30.5 Å². The Bertz CT molecular complexity index is 651. The van der Waals surface area contributed by atoms with Gasteiger partial charge in [0.05, 0.1) is 12.6 Å². The van der Waals surface area contributed by atoms with Crippen molar-refractivity contribution in [3.63, 3.8) is 0 Å². The van der Waals surface area contributed by atoms with Gasteiger partial charge in [0.15, 0.2) is 0 Å². The molecule has 1 atom stereocenters. The Kier molecular flexibility index (Phi) is 3.64. The molecule has 1 saturated heterocycles. The first-order valence-electron chi connectivity index (χ1n) is 7.55. The minimum absolute atomic E-state index is 0.0388. The second-order valence-corrected chi connectivity index (χ2v) is 6.03. The summed E-state index contributed by atoms with van der Waals surface area (Å²) in [6.45, 7) is 8.10. The molecular weight excluding hydrogens is 280 g/mol. The Morgan fingerprint density at radius 2 is 2.14 bits per heavy atom. The molecule has 1 fully saturated rings. The maximum absolute atomic E-state index is 12.6. The molecule has 22 heavy (non-hydrogen) atoms. The molecule has 0 unspecified atom stereocenters. The Labute approximate surface area is 129 Å². The summed E-state index contributed by atoms with van der Waals surface area (Å²) in [5.41, 5.74) is 2.22. The minimum Gasteiger partial charge on any atom is -0.491 e. The fourth-order valence-corrected chi connectivity index (χ4v) is 3.00. The van der Waals surface area contributed by atoms with Gasteiger partial charge >= 0.3 is 0 Å². The normalized spacial score (nSPS) is 21.1. The van der Waals surface area contributed by atoms with E-state index in [1.807, 2.05) is 26.0 Å². The van der Waals surface area contributed by atoms with Gasteiger partial charge in [0, 0.05) is 16.8 Å². The van der Waals surface area contributed by atoms with Crippen LogP contribution in [0.2, 0.25) is 0 Å². The van der Waals surface area contributed by atoms with Crippen LogP contribution in [-0.2, 0) is 11.3 Å². The summed E-state index contributed by atoms with van der Waals surface area (Å²) in [4.78, 5) is 26.4. The number of piperidine rings is 1. The van der Waals surface area contributed by atoms with Crippen LogP contribution >= 0.6 is 0 Å². The molecule has 2 aliphatic heterocycles. The van der Waals surface area contributed by atoms with Crippen molar-refractivity contribution in [1.82, 2.24) is 10.2 Å². The maximum Gasteiger partial charge on any atom is 0.255 e. The third kappa shape index (κ3) is 2.47. The molecule has 0 spiro atoms. The minimum atomic E-state index is -0.433. The molecule has 1 N–H and O–H groups in total. The van der Waals surface area contributed by atoms with Crippen molar-refractivity contribution in [3.8, 4) is 5.75 Å². The van der Waals surface area contributed by atoms with E-state index in [9.17, 15) is 9.59 Å². The van der Waals surface area contributed by atoms with Crippen molar-refractivity contribution < 1.29 is 14.3 Å². The molecule has 0 radical (unpaired) electrons. The van der Waals surface area contributed by atoms with E-state index in [4.69, 9.17) is 4.74 Å². The highest BCUT2D eigenvalue weighted by atomic mass is 16.5. The van der Waals surface area contributed by atoms with Crippen LogP contribution in [0.1, 0.15) is 42.6 Å². The van der Waals surface area contributed by atoms with Gasteiger partial charge in [-0.1, -0.05) is 12.6 Å². The van der Waals surface area contributed by atoms with Gasteiger partial charge in [-0.3, -0.25) is 9.59 Å². The van der Waals surface area contributed by atoms with Crippen molar-refractivity contribution in [2.75, 3.05) is 0 Å². The number of rotatable bonds is 3. The summed E-state index contributed by atoms with van der Waals surface area (Å²) in [6, 6.07) is 5.06. The zero-order valence-corrected chi connectivity index (χ0v) is 12.9. The topological polar surface area (TPSA) is 58.6 Å². The molecule has 5 heteroatoms. The van der Waals surface area contributed by atoms with Crippen molar-refractivity contribution in [2.24, 2.45) is 0 Å². The molecule has 0 bridgehead atoms. The SMILES string of the molecule is C=C1CC[C@@H](N2Cc3c(OC(C)C)cccc3C2=O)C(=O)N1. The Balaban J connectivity index is 1.88. The van der Waals surface area contributed by atoms with Gasteiger partial charge in [-0.2, -0.15) is 0 Å².